The smallest absolute Gasteiger partial charge is 0.238 e. The molecule has 1 amide bonds. The summed E-state index contributed by atoms with van der Waals surface area (Å²) in [4.78, 5) is 12.8. The average Bonchev–Trinajstić information content (AvgIpc) is 3.35. The lowest BCUT2D eigenvalue weighted by molar-refractivity contribution is -0.115. The Balaban J connectivity index is 1.82. The topological polar surface area (TPSA) is 86.9 Å². The Morgan fingerprint density at radius 3 is 2.73 bits per heavy atom. The third-order valence-electron chi connectivity index (χ3n) is 4.44. The summed E-state index contributed by atoms with van der Waals surface area (Å²) in [6, 6.07) is 9.57. The zero-order valence-electron chi connectivity index (χ0n) is 17.6. The van der Waals surface area contributed by atoms with Gasteiger partial charge in [0, 0.05) is 18.7 Å². The van der Waals surface area contributed by atoms with Crippen LogP contribution in [0.4, 0.5) is 5.82 Å². The number of thioether (sulfide) groups is 1. The van der Waals surface area contributed by atoms with E-state index >= 15 is 0 Å². The monoisotopic (exact) mass is 426 g/mol. The van der Waals surface area contributed by atoms with E-state index in [1.54, 1.807) is 30.1 Å². The van der Waals surface area contributed by atoms with Crippen LogP contribution in [-0.4, -0.2) is 42.8 Å². The molecule has 3 aromatic rings. The minimum atomic E-state index is -0.390. The molecule has 0 aliphatic carbocycles. The molecule has 2 heterocycles. The van der Waals surface area contributed by atoms with Crippen molar-refractivity contribution in [2.45, 2.75) is 43.8 Å². The number of allylic oxidation sites excluding steroid dienone is 1. The number of ether oxygens (including phenoxy) is 1. The number of rotatable bonds is 9. The number of nitrogens with zero attached hydrogens (tertiary/aromatic N) is 5. The van der Waals surface area contributed by atoms with Crippen LogP contribution in [0, 0.1) is 0 Å². The van der Waals surface area contributed by atoms with Crippen LogP contribution < -0.4 is 10.1 Å². The predicted octanol–water partition coefficient (Wildman–Crippen LogP) is 4.04. The second kappa shape index (κ2) is 9.62. The Morgan fingerprint density at radius 2 is 2.03 bits per heavy atom. The van der Waals surface area contributed by atoms with Crippen molar-refractivity contribution in [1.29, 1.82) is 0 Å². The highest BCUT2D eigenvalue weighted by Crippen LogP contribution is 2.32. The number of methoxy groups -OCH3 is 1. The summed E-state index contributed by atoms with van der Waals surface area (Å²) in [5.41, 5.74) is 0.833. The van der Waals surface area contributed by atoms with Crippen LogP contribution in [0.15, 0.2) is 54.3 Å². The highest BCUT2D eigenvalue weighted by molar-refractivity contribution is 8.00. The molecule has 0 fully saturated rings. The fourth-order valence-electron chi connectivity index (χ4n) is 2.96. The average molecular weight is 427 g/mol. The van der Waals surface area contributed by atoms with Crippen molar-refractivity contribution in [1.82, 2.24) is 24.5 Å². The Hall–Kier alpha value is -3.07. The lowest BCUT2D eigenvalue weighted by Crippen LogP contribution is -2.25. The minimum Gasteiger partial charge on any atom is -0.496 e. The molecule has 9 heteroatoms. The predicted molar refractivity (Wildman–Crippen MR) is 119 cm³/mol. The molecule has 3 rings (SSSR count). The van der Waals surface area contributed by atoms with Crippen LogP contribution in [0.1, 0.15) is 26.8 Å². The number of amides is 1. The summed E-state index contributed by atoms with van der Waals surface area (Å²) < 4.78 is 9.17. The van der Waals surface area contributed by atoms with Gasteiger partial charge in [-0.25, -0.2) is 4.68 Å². The molecular formula is C21H26N6O2S. The number of carbonyl (C=O) groups excluding carboxylic acids is 1. The van der Waals surface area contributed by atoms with Gasteiger partial charge in [0.05, 0.1) is 24.1 Å². The van der Waals surface area contributed by atoms with E-state index in [2.05, 4.69) is 27.2 Å². The maximum Gasteiger partial charge on any atom is 0.238 e. The normalized spacial score (nSPS) is 12.0. The number of anilines is 1. The van der Waals surface area contributed by atoms with Gasteiger partial charge in [-0.1, -0.05) is 30.0 Å². The zero-order chi connectivity index (χ0) is 21.7. The number of nitrogens with one attached hydrogen (secondary N) is 1. The summed E-state index contributed by atoms with van der Waals surface area (Å²) in [5.74, 6) is 1.92. The van der Waals surface area contributed by atoms with Gasteiger partial charge in [-0.2, -0.15) is 5.10 Å². The van der Waals surface area contributed by atoms with E-state index < -0.39 is 5.25 Å². The third-order valence-corrected chi connectivity index (χ3v) is 5.52. The molecule has 0 saturated heterocycles. The van der Waals surface area contributed by atoms with Gasteiger partial charge in [0.25, 0.3) is 0 Å². The van der Waals surface area contributed by atoms with Crippen molar-refractivity contribution >= 4 is 23.5 Å². The van der Waals surface area contributed by atoms with Crippen molar-refractivity contribution in [3.05, 3.63) is 49.2 Å². The highest BCUT2D eigenvalue weighted by atomic mass is 32.2. The minimum absolute atomic E-state index is 0.130. The van der Waals surface area contributed by atoms with Crippen molar-refractivity contribution < 1.29 is 9.53 Å². The Labute approximate surface area is 180 Å². The van der Waals surface area contributed by atoms with Gasteiger partial charge in [0.2, 0.25) is 5.91 Å². The molecule has 0 saturated carbocycles. The molecule has 0 spiro atoms. The molecule has 1 unspecified atom stereocenters. The van der Waals surface area contributed by atoms with Crippen molar-refractivity contribution in [2.24, 2.45) is 0 Å². The van der Waals surface area contributed by atoms with Gasteiger partial charge in [0.15, 0.2) is 11.0 Å². The molecule has 158 valence electrons. The van der Waals surface area contributed by atoms with Gasteiger partial charge < -0.3 is 10.1 Å². The summed E-state index contributed by atoms with van der Waals surface area (Å²) >= 11 is 1.34. The number of carbonyl (C=O) groups is 1. The zero-order valence-corrected chi connectivity index (χ0v) is 18.4. The molecule has 30 heavy (non-hydrogen) atoms. The van der Waals surface area contributed by atoms with E-state index in [1.165, 1.54) is 11.8 Å². The summed E-state index contributed by atoms with van der Waals surface area (Å²) in [6.07, 6.45) is 3.45. The number of aromatic nitrogens is 5. The molecule has 0 aliphatic heterocycles. The first kappa shape index (κ1) is 21.6. The van der Waals surface area contributed by atoms with Crippen LogP contribution in [0.5, 0.6) is 5.75 Å². The fraction of sp³-hybridized carbons (Fsp3) is 0.333. The number of hydrogen-bond donors (Lipinski definition) is 1. The standard InChI is InChI=1S/C21H26N6O2S/c1-6-13-26-19(16-9-7-8-10-17(16)29-5)24-25-21(26)30-15(4)20(28)23-18-11-12-22-27(18)14(2)3/h6-12,14-15H,1,13H2,2-5H3,(H,23,28). The summed E-state index contributed by atoms with van der Waals surface area (Å²) in [7, 11) is 1.62. The first-order valence-electron chi connectivity index (χ1n) is 9.64. The van der Waals surface area contributed by atoms with E-state index in [-0.39, 0.29) is 11.9 Å². The number of hydrogen-bond acceptors (Lipinski definition) is 6. The molecule has 1 atom stereocenters. The second-order valence-corrected chi connectivity index (χ2v) is 8.22. The maximum absolute atomic E-state index is 12.8. The molecule has 0 bridgehead atoms. The molecule has 0 radical (unpaired) electrons. The van der Waals surface area contributed by atoms with E-state index in [0.717, 1.165) is 5.56 Å². The Bertz CT molecular complexity index is 1030. The molecule has 8 nitrogen and oxygen atoms in total. The third kappa shape index (κ3) is 4.56. The summed E-state index contributed by atoms with van der Waals surface area (Å²) in [6.45, 7) is 10.2. The molecule has 2 aromatic heterocycles. The van der Waals surface area contributed by atoms with Crippen LogP contribution in [0.3, 0.4) is 0 Å². The quantitative estimate of drug-likeness (QED) is 0.410. The number of benzene rings is 1. The lowest BCUT2D eigenvalue weighted by atomic mass is 10.2. The maximum atomic E-state index is 12.8. The SMILES string of the molecule is C=CCn1c(SC(C)C(=O)Nc2ccnn2C(C)C)nnc1-c1ccccc1OC. The fourth-order valence-corrected chi connectivity index (χ4v) is 3.82. The first-order chi connectivity index (χ1) is 14.5. The summed E-state index contributed by atoms with van der Waals surface area (Å²) in [5, 5.41) is 16.1. The van der Waals surface area contributed by atoms with Gasteiger partial charge in [-0.15, -0.1) is 16.8 Å². The van der Waals surface area contributed by atoms with Crippen LogP contribution in [-0.2, 0) is 11.3 Å². The van der Waals surface area contributed by atoms with Crippen molar-refractivity contribution in [3.8, 4) is 17.1 Å². The van der Waals surface area contributed by atoms with E-state index in [4.69, 9.17) is 4.74 Å². The van der Waals surface area contributed by atoms with Crippen molar-refractivity contribution in [2.75, 3.05) is 12.4 Å². The Morgan fingerprint density at radius 1 is 1.27 bits per heavy atom. The van der Waals surface area contributed by atoms with Crippen LogP contribution >= 0.6 is 11.8 Å². The first-order valence-corrected chi connectivity index (χ1v) is 10.5. The number of para-hydroxylation sites is 1. The van der Waals surface area contributed by atoms with E-state index in [1.807, 2.05) is 49.6 Å². The van der Waals surface area contributed by atoms with Gasteiger partial charge in [-0.3, -0.25) is 9.36 Å². The molecule has 1 aromatic carbocycles. The van der Waals surface area contributed by atoms with E-state index in [9.17, 15) is 4.79 Å². The van der Waals surface area contributed by atoms with Gasteiger partial charge in [-0.05, 0) is 32.9 Å². The molecule has 1 N–H and O–H groups in total. The van der Waals surface area contributed by atoms with Crippen LogP contribution in [0.2, 0.25) is 0 Å². The van der Waals surface area contributed by atoms with Crippen molar-refractivity contribution in [3.63, 3.8) is 0 Å². The Kier molecular flexibility index (Phi) is 6.94. The van der Waals surface area contributed by atoms with Gasteiger partial charge >= 0.3 is 0 Å². The second-order valence-electron chi connectivity index (χ2n) is 6.91. The van der Waals surface area contributed by atoms with E-state index in [0.29, 0.717) is 29.1 Å². The molecular weight excluding hydrogens is 400 g/mol. The van der Waals surface area contributed by atoms with Gasteiger partial charge in [0.1, 0.15) is 11.6 Å². The largest absolute Gasteiger partial charge is 0.496 e. The molecule has 0 aliphatic rings. The lowest BCUT2D eigenvalue weighted by Gasteiger charge is -2.15. The highest BCUT2D eigenvalue weighted by Gasteiger charge is 2.22. The van der Waals surface area contributed by atoms with Crippen LogP contribution in [0.25, 0.3) is 11.4 Å².